The van der Waals surface area contributed by atoms with Crippen LogP contribution in [0.5, 0.6) is 17.2 Å². The van der Waals surface area contributed by atoms with Crippen molar-refractivity contribution in [3.8, 4) is 17.2 Å². The van der Waals surface area contributed by atoms with E-state index in [0.29, 0.717) is 18.3 Å². The van der Waals surface area contributed by atoms with Crippen molar-refractivity contribution in [1.82, 2.24) is 0 Å². The highest BCUT2D eigenvalue weighted by atomic mass is 16.4. The van der Waals surface area contributed by atoms with Crippen LogP contribution in [0.15, 0.2) is 6.07 Å². The van der Waals surface area contributed by atoms with E-state index in [1.54, 1.807) is 6.07 Å². The Balaban J connectivity index is 1.50. The molecule has 0 spiro atoms. The third kappa shape index (κ3) is 4.92. The van der Waals surface area contributed by atoms with Gasteiger partial charge in [0.2, 0.25) is 5.75 Å². The van der Waals surface area contributed by atoms with Crippen LogP contribution < -0.4 is 0 Å². The number of aromatic hydroxyl groups is 3. The second-order valence-electron chi connectivity index (χ2n) is 9.39. The van der Waals surface area contributed by atoms with E-state index in [1.165, 1.54) is 19.3 Å². The fourth-order valence-electron chi connectivity index (χ4n) is 4.23. The second-order valence-corrected chi connectivity index (χ2v) is 9.39. The summed E-state index contributed by atoms with van der Waals surface area (Å²) in [5.41, 5.74) is 1.71. The fraction of sp³-hybridized carbons (Fsp3) is 0.696. The van der Waals surface area contributed by atoms with Gasteiger partial charge in [-0.05, 0) is 81.3 Å². The maximum atomic E-state index is 11.2. The maximum Gasteiger partial charge on any atom is 0.309 e. The number of aryl methyl sites for hydroxylation is 1. The van der Waals surface area contributed by atoms with Crippen molar-refractivity contribution in [1.29, 1.82) is 0 Å². The standard InChI is InChI=1S/C23H34O5/c1-22(11-12-22)9-6-4-8-17-16(15-18(24)20(26)19(17)25)7-3-2-5-10-23(13-14-23)21(27)28/h15,24-26H,2-14H2,1H3,(H,27,28). The molecule has 2 aliphatic rings. The molecule has 0 amide bonds. The smallest absolute Gasteiger partial charge is 0.309 e. The van der Waals surface area contributed by atoms with Crippen molar-refractivity contribution in [2.45, 2.75) is 90.4 Å². The summed E-state index contributed by atoms with van der Waals surface area (Å²) in [5, 5.41) is 39.4. The molecule has 0 saturated heterocycles. The number of aliphatic carboxylic acids is 1. The minimum absolute atomic E-state index is 0.185. The molecule has 0 heterocycles. The lowest BCUT2D eigenvalue weighted by molar-refractivity contribution is -0.143. The molecule has 3 rings (SSSR count). The summed E-state index contributed by atoms with van der Waals surface area (Å²) in [6.45, 7) is 2.32. The van der Waals surface area contributed by atoms with Gasteiger partial charge in [0.15, 0.2) is 11.5 Å². The molecule has 156 valence electrons. The molecule has 2 saturated carbocycles. The number of phenols is 3. The van der Waals surface area contributed by atoms with Crippen LogP contribution in [0.2, 0.25) is 0 Å². The van der Waals surface area contributed by atoms with E-state index in [1.807, 2.05) is 0 Å². The van der Waals surface area contributed by atoms with Crippen LogP contribution in [-0.4, -0.2) is 26.4 Å². The highest BCUT2D eigenvalue weighted by Gasteiger charge is 2.49. The highest BCUT2D eigenvalue weighted by molar-refractivity contribution is 5.77. The number of hydrogen-bond donors (Lipinski definition) is 4. The number of carbonyl (C=O) groups is 1. The van der Waals surface area contributed by atoms with Crippen LogP contribution in [-0.2, 0) is 17.6 Å². The lowest BCUT2D eigenvalue weighted by atomic mass is 9.92. The molecule has 0 aromatic heterocycles. The summed E-state index contributed by atoms with van der Waals surface area (Å²) in [4.78, 5) is 11.2. The Morgan fingerprint density at radius 2 is 1.54 bits per heavy atom. The molecule has 0 radical (unpaired) electrons. The van der Waals surface area contributed by atoms with Gasteiger partial charge in [-0.1, -0.05) is 26.2 Å². The van der Waals surface area contributed by atoms with E-state index in [-0.39, 0.29) is 11.5 Å². The van der Waals surface area contributed by atoms with E-state index >= 15 is 0 Å². The predicted molar refractivity (Wildman–Crippen MR) is 108 cm³/mol. The first-order chi connectivity index (χ1) is 13.3. The maximum absolute atomic E-state index is 11.2. The van der Waals surface area contributed by atoms with Crippen molar-refractivity contribution < 1.29 is 25.2 Å². The van der Waals surface area contributed by atoms with Gasteiger partial charge in [-0.25, -0.2) is 0 Å². The first-order valence-electron chi connectivity index (χ1n) is 10.8. The molecule has 2 fully saturated rings. The normalized spacial score (nSPS) is 18.8. The third-order valence-corrected chi connectivity index (χ3v) is 6.92. The molecule has 0 unspecified atom stereocenters. The van der Waals surface area contributed by atoms with Gasteiger partial charge in [-0.3, -0.25) is 4.79 Å². The summed E-state index contributed by atoms with van der Waals surface area (Å²) < 4.78 is 0. The average molecular weight is 391 g/mol. The first-order valence-corrected chi connectivity index (χ1v) is 10.8. The van der Waals surface area contributed by atoms with E-state index in [0.717, 1.165) is 62.5 Å². The number of carboxylic acids is 1. The monoisotopic (exact) mass is 390 g/mol. The molecule has 0 aliphatic heterocycles. The molecular formula is C23H34O5. The van der Waals surface area contributed by atoms with E-state index in [4.69, 9.17) is 0 Å². The van der Waals surface area contributed by atoms with Crippen LogP contribution in [0.3, 0.4) is 0 Å². The van der Waals surface area contributed by atoms with Gasteiger partial charge < -0.3 is 20.4 Å². The lowest BCUT2D eigenvalue weighted by Gasteiger charge is -2.15. The second kappa shape index (κ2) is 8.22. The van der Waals surface area contributed by atoms with Gasteiger partial charge in [0.25, 0.3) is 0 Å². The fourth-order valence-corrected chi connectivity index (χ4v) is 4.23. The van der Waals surface area contributed by atoms with Crippen LogP contribution in [0.25, 0.3) is 0 Å². The molecule has 0 bridgehead atoms. The lowest BCUT2D eigenvalue weighted by Crippen LogP contribution is -2.14. The van der Waals surface area contributed by atoms with Gasteiger partial charge in [0.05, 0.1) is 5.41 Å². The molecule has 28 heavy (non-hydrogen) atoms. The van der Waals surface area contributed by atoms with E-state index in [9.17, 15) is 25.2 Å². The van der Waals surface area contributed by atoms with Crippen LogP contribution in [0, 0.1) is 10.8 Å². The number of hydrogen-bond acceptors (Lipinski definition) is 4. The molecule has 2 aliphatic carbocycles. The van der Waals surface area contributed by atoms with Gasteiger partial charge >= 0.3 is 5.97 Å². The number of carboxylic acid groups (broad SMARTS) is 1. The van der Waals surface area contributed by atoms with Crippen molar-refractivity contribution in [2.24, 2.45) is 10.8 Å². The van der Waals surface area contributed by atoms with Crippen molar-refractivity contribution in [3.63, 3.8) is 0 Å². The minimum atomic E-state index is -0.664. The Bertz CT molecular complexity index is 716. The Kier molecular flexibility index (Phi) is 6.11. The van der Waals surface area contributed by atoms with Gasteiger partial charge in [-0.2, -0.15) is 0 Å². The largest absolute Gasteiger partial charge is 0.504 e. The zero-order chi connectivity index (χ0) is 20.4. The Morgan fingerprint density at radius 3 is 2.14 bits per heavy atom. The van der Waals surface area contributed by atoms with E-state index < -0.39 is 17.1 Å². The van der Waals surface area contributed by atoms with E-state index in [2.05, 4.69) is 6.92 Å². The first kappa shape index (κ1) is 20.8. The topological polar surface area (TPSA) is 98.0 Å². The van der Waals surface area contributed by atoms with Crippen LogP contribution >= 0.6 is 0 Å². The van der Waals surface area contributed by atoms with Crippen molar-refractivity contribution >= 4 is 5.97 Å². The SMILES string of the molecule is CC1(CCCCc2c(CCCCCC3(C(=O)O)CC3)cc(O)c(O)c2O)CC1. The summed E-state index contributed by atoms with van der Waals surface area (Å²) in [6.07, 6.45) is 12.3. The highest BCUT2D eigenvalue weighted by Crippen LogP contribution is 2.50. The van der Waals surface area contributed by atoms with Crippen molar-refractivity contribution in [2.75, 3.05) is 0 Å². The van der Waals surface area contributed by atoms with Gasteiger partial charge in [-0.15, -0.1) is 0 Å². The zero-order valence-corrected chi connectivity index (χ0v) is 17.0. The average Bonchev–Trinajstić information content (AvgIpc) is 3.56. The number of benzene rings is 1. The number of rotatable bonds is 12. The number of phenolic OH excluding ortho intramolecular Hbond substituents is 3. The molecular weight excluding hydrogens is 356 g/mol. The Morgan fingerprint density at radius 1 is 0.893 bits per heavy atom. The summed E-state index contributed by atoms with van der Waals surface area (Å²) in [7, 11) is 0. The quantitative estimate of drug-likeness (QED) is 0.287. The summed E-state index contributed by atoms with van der Waals surface area (Å²) in [5.74, 6) is -1.55. The van der Waals surface area contributed by atoms with Crippen molar-refractivity contribution in [3.05, 3.63) is 17.2 Å². The predicted octanol–water partition coefficient (Wildman–Crippen LogP) is 5.28. The Hall–Kier alpha value is -1.91. The summed E-state index contributed by atoms with van der Waals surface area (Å²) in [6, 6.07) is 1.58. The summed E-state index contributed by atoms with van der Waals surface area (Å²) >= 11 is 0. The van der Waals surface area contributed by atoms with Gasteiger partial charge in [0, 0.05) is 5.56 Å². The van der Waals surface area contributed by atoms with Crippen LogP contribution in [0.4, 0.5) is 0 Å². The molecule has 1 aromatic rings. The third-order valence-electron chi connectivity index (χ3n) is 6.92. The Labute approximate surface area is 167 Å². The number of unbranched alkanes of at least 4 members (excludes halogenated alkanes) is 3. The minimum Gasteiger partial charge on any atom is -0.504 e. The molecule has 1 aromatic carbocycles. The molecule has 0 atom stereocenters. The van der Waals surface area contributed by atoms with Crippen LogP contribution in [0.1, 0.15) is 88.7 Å². The molecule has 5 heteroatoms. The van der Waals surface area contributed by atoms with Gasteiger partial charge in [0.1, 0.15) is 0 Å². The molecule has 5 nitrogen and oxygen atoms in total. The zero-order valence-electron chi connectivity index (χ0n) is 17.0. The molecule has 4 N–H and O–H groups in total.